The molecule has 4 nitrogen and oxygen atoms in total. The second-order valence-corrected chi connectivity index (χ2v) is 5.93. The lowest BCUT2D eigenvalue weighted by atomic mass is 9.77. The number of ether oxygens (including phenoxy) is 1. The predicted octanol–water partition coefficient (Wildman–Crippen LogP) is 0.820. The highest BCUT2D eigenvalue weighted by Crippen LogP contribution is 2.35. The Labute approximate surface area is 120 Å². The fourth-order valence-electron chi connectivity index (χ4n) is 3.59. The molecule has 0 bridgehead atoms. The second-order valence-electron chi connectivity index (χ2n) is 5.93. The molecule has 20 heavy (non-hydrogen) atoms. The number of aliphatic hydroxyl groups is 1. The van der Waals surface area contributed by atoms with Crippen molar-refractivity contribution in [1.82, 2.24) is 10.2 Å². The van der Waals surface area contributed by atoms with E-state index >= 15 is 0 Å². The molecule has 1 atom stereocenters. The number of fused-ring (bicyclic) bond motifs is 1. The van der Waals surface area contributed by atoms with Crippen molar-refractivity contribution in [2.45, 2.75) is 24.8 Å². The zero-order chi connectivity index (χ0) is 14.0. The molecule has 1 fully saturated rings. The van der Waals surface area contributed by atoms with E-state index < -0.39 is 0 Å². The average molecular weight is 276 g/mol. The van der Waals surface area contributed by atoms with Crippen molar-refractivity contribution in [2.75, 3.05) is 39.9 Å². The van der Waals surface area contributed by atoms with Gasteiger partial charge in [-0.05, 0) is 42.5 Å². The van der Waals surface area contributed by atoms with Gasteiger partial charge in [-0.2, -0.15) is 0 Å². The first kappa shape index (κ1) is 13.9. The van der Waals surface area contributed by atoms with E-state index in [1.165, 1.54) is 11.1 Å². The topological polar surface area (TPSA) is 44.7 Å². The van der Waals surface area contributed by atoms with Crippen LogP contribution in [0, 0.1) is 0 Å². The van der Waals surface area contributed by atoms with E-state index in [1.54, 1.807) is 7.11 Å². The summed E-state index contributed by atoms with van der Waals surface area (Å²) in [5.74, 6) is 0.915. The average Bonchev–Trinajstić information content (AvgIpc) is 2.54. The molecule has 3 rings (SSSR count). The summed E-state index contributed by atoms with van der Waals surface area (Å²) in [6.07, 6.45) is 3.02. The lowest BCUT2D eigenvalue weighted by molar-refractivity contribution is 0.00997. The molecule has 0 amide bonds. The molecule has 2 aliphatic rings. The summed E-state index contributed by atoms with van der Waals surface area (Å²) in [5, 5.41) is 13.4. The fraction of sp³-hybridized carbons (Fsp3) is 0.625. The monoisotopic (exact) mass is 276 g/mol. The molecule has 1 aromatic rings. The van der Waals surface area contributed by atoms with Gasteiger partial charge in [0.1, 0.15) is 5.75 Å². The van der Waals surface area contributed by atoms with Crippen LogP contribution >= 0.6 is 0 Å². The zero-order valence-electron chi connectivity index (χ0n) is 12.2. The molecule has 0 saturated carbocycles. The Bertz CT molecular complexity index is 472. The van der Waals surface area contributed by atoms with E-state index in [0.717, 1.165) is 51.2 Å². The van der Waals surface area contributed by atoms with Gasteiger partial charge in [0, 0.05) is 31.7 Å². The fourth-order valence-corrected chi connectivity index (χ4v) is 3.59. The van der Waals surface area contributed by atoms with Crippen molar-refractivity contribution in [3.63, 3.8) is 0 Å². The third-order valence-corrected chi connectivity index (χ3v) is 4.87. The van der Waals surface area contributed by atoms with Crippen molar-refractivity contribution in [1.29, 1.82) is 0 Å². The van der Waals surface area contributed by atoms with Crippen LogP contribution in [0.2, 0.25) is 0 Å². The number of aliphatic hydroxyl groups excluding tert-OH is 1. The maximum atomic E-state index is 10.1. The van der Waals surface area contributed by atoms with Gasteiger partial charge in [-0.1, -0.05) is 6.07 Å². The third-order valence-electron chi connectivity index (χ3n) is 4.87. The Morgan fingerprint density at radius 3 is 2.80 bits per heavy atom. The molecule has 0 spiro atoms. The Kier molecular flexibility index (Phi) is 3.96. The van der Waals surface area contributed by atoms with Crippen molar-refractivity contribution in [3.8, 4) is 5.75 Å². The number of hydrogen-bond acceptors (Lipinski definition) is 4. The lowest BCUT2D eigenvalue weighted by Gasteiger charge is -2.47. The molecule has 4 heteroatoms. The summed E-state index contributed by atoms with van der Waals surface area (Å²) in [6.45, 7) is 4.34. The molecular weight excluding hydrogens is 252 g/mol. The van der Waals surface area contributed by atoms with Crippen LogP contribution in [-0.2, 0) is 12.8 Å². The largest absolute Gasteiger partial charge is 0.497 e. The highest BCUT2D eigenvalue weighted by molar-refractivity contribution is 5.39. The number of nitrogens with zero attached hydrogens (tertiary/aromatic N) is 1. The van der Waals surface area contributed by atoms with Crippen LogP contribution in [0.5, 0.6) is 5.75 Å². The summed E-state index contributed by atoms with van der Waals surface area (Å²) in [7, 11) is 1.71. The van der Waals surface area contributed by atoms with Crippen molar-refractivity contribution < 1.29 is 9.84 Å². The standard InChI is InChI=1S/C16H24N2O2/c1-20-15-3-2-13-4-5-16(12-19,11-14(13)10-15)18-8-6-17-7-9-18/h2-3,10,17,19H,4-9,11-12H2,1H3. The van der Waals surface area contributed by atoms with E-state index in [4.69, 9.17) is 4.74 Å². The first-order valence-electron chi connectivity index (χ1n) is 7.50. The van der Waals surface area contributed by atoms with Crippen molar-refractivity contribution in [2.24, 2.45) is 0 Å². The molecule has 1 aromatic carbocycles. The van der Waals surface area contributed by atoms with E-state index in [0.29, 0.717) is 0 Å². The summed E-state index contributed by atoms with van der Waals surface area (Å²) in [6, 6.07) is 6.35. The molecule has 0 radical (unpaired) electrons. The predicted molar refractivity (Wildman–Crippen MR) is 79.3 cm³/mol. The van der Waals surface area contributed by atoms with Gasteiger partial charge in [0.05, 0.1) is 13.7 Å². The van der Waals surface area contributed by atoms with Gasteiger partial charge in [-0.15, -0.1) is 0 Å². The van der Waals surface area contributed by atoms with Crippen LogP contribution in [0.4, 0.5) is 0 Å². The highest BCUT2D eigenvalue weighted by atomic mass is 16.5. The normalized spacial score (nSPS) is 27.1. The molecule has 1 heterocycles. The maximum Gasteiger partial charge on any atom is 0.119 e. The molecule has 1 aliphatic heterocycles. The SMILES string of the molecule is COc1ccc2c(c1)CC(CO)(N1CCNCC1)CC2. The second kappa shape index (κ2) is 5.72. The van der Waals surface area contributed by atoms with Crippen molar-refractivity contribution >= 4 is 0 Å². The maximum absolute atomic E-state index is 10.1. The van der Waals surface area contributed by atoms with Crippen molar-refractivity contribution in [3.05, 3.63) is 29.3 Å². The number of hydrogen-bond donors (Lipinski definition) is 2. The first-order valence-corrected chi connectivity index (χ1v) is 7.50. The van der Waals surface area contributed by atoms with E-state index in [2.05, 4.69) is 22.3 Å². The minimum atomic E-state index is -0.0819. The minimum absolute atomic E-state index is 0.0819. The smallest absolute Gasteiger partial charge is 0.119 e. The number of methoxy groups -OCH3 is 1. The molecule has 1 aliphatic carbocycles. The van der Waals surface area contributed by atoms with Crippen LogP contribution in [0.1, 0.15) is 17.5 Å². The van der Waals surface area contributed by atoms with Gasteiger partial charge >= 0.3 is 0 Å². The van der Waals surface area contributed by atoms with E-state index in [9.17, 15) is 5.11 Å². The molecule has 2 N–H and O–H groups in total. The third kappa shape index (κ3) is 2.43. The quantitative estimate of drug-likeness (QED) is 0.858. The van der Waals surface area contributed by atoms with Gasteiger partial charge in [0.15, 0.2) is 0 Å². The van der Waals surface area contributed by atoms with Gasteiger partial charge in [0.25, 0.3) is 0 Å². The van der Waals surface area contributed by atoms with Gasteiger partial charge in [-0.25, -0.2) is 0 Å². The van der Waals surface area contributed by atoms with Gasteiger partial charge in [-0.3, -0.25) is 4.90 Å². The van der Waals surface area contributed by atoms with Crippen LogP contribution in [0.3, 0.4) is 0 Å². The Hall–Kier alpha value is -1.10. The van der Waals surface area contributed by atoms with E-state index in [1.807, 2.05) is 6.07 Å². The minimum Gasteiger partial charge on any atom is -0.497 e. The summed E-state index contributed by atoms with van der Waals surface area (Å²) in [4.78, 5) is 2.48. The molecule has 1 unspecified atom stereocenters. The summed E-state index contributed by atoms with van der Waals surface area (Å²) < 4.78 is 5.34. The molecular formula is C16H24N2O2. The zero-order valence-corrected chi connectivity index (χ0v) is 12.2. The summed E-state index contributed by atoms with van der Waals surface area (Å²) >= 11 is 0. The number of nitrogens with one attached hydrogen (secondary N) is 1. The molecule has 110 valence electrons. The van der Waals surface area contributed by atoms with Gasteiger partial charge in [0.2, 0.25) is 0 Å². The Morgan fingerprint density at radius 2 is 2.10 bits per heavy atom. The number of benzene rings is 1. The Balaban J connectivity index is 1.87. The summed E-state index contributed by atoms with van der Waals surface area (Å²) in [5.41, 5.74) is 2.66. The van der Waals surface area contributed by atoms with Crippen LogP contribution in [-0.4, -0.2) is 55.4 Å². The molecule has 1 saturated heterocycles. The number of piperazine rings is 1. The number of rotatable bonds is 3. The van der Waals surface area contributed by atoms with Gasteiger partial charge < -0.3 is 15.2 Å². The Morgan fingerprint density at radius 1 is 1.30 bits per heavy atom. The number of aryl methyl sites for hydroxylation is 1. The van der Waals surface area contributed by atoms with E-state index in [-0.39, 0.29) is 12.1 Å². The highest BCUT2D eigenvalue weighted by Gasteiger charge is 2.39. The van der Waals surface area contributed by atoms with Crippen LogP contribution in [0.25, 0.3) is 0 Å². The van der Waals surface area contributed by atoms with Crippen LogP contribution < -0.4 is 10.1 Å². The lowest BCUT2D eigenvalue weighted by Crippen LogP contribution is -2.60. The first-order chi connectivity index (χ1) is 9.77. The van der Waals surface area contributed by atoms with Crippen LogP contribution in [0.15, 0.2) is 18.2 Å². The molecule has 0 aromatic heterocycles.